The van der Waals surface area contributed by atoms with Crippen molar-refractivity contribution in [3.63, 3.8) is 0 Å². The topological polar surface area (TPSA) is 52.9 Å². The molecule has 0 unspecified atom stereocenters. The lowest BCUT2D eigenvalue weighted by Crippen LogP contribution is -2.10. The third-order valence-corrected chi connectivity index (χ3v) is 2.89. The maximum Gasteiger partial charge on any atom is 0.118 e. The zero-order valence-corrected chi connectivity index (χ0v) is 12.9. The summed E-state index contributed by atoms with van der Waals surface area (Å²) in [6, 6.07) is 2.05. The lowest BCUT2D eigenvalue weighted by Gasteiger charge is -2.05. The first-order chi connectivity index (χ1) is 9.77. The molecule has 0 aromatic carbocycles. The fourth-order valence-corrected chi connectivity index (χ4v) is 1.77. The van der Waals surface area contributed by atoms with E-state index in [-0.39, 0.29) is 0 Å². The summed E-state index contributed by atoms with van der Waals surface area (Å²) in [7, 11) is 1.70. The van der Waals surface area contributed by atoms with Crippen molar-refractivity contribution in [2.24, 2.45) is 0 Å². The minimum Gasteiger partial charge on any atom is -0.465 e. The second kappa shape index (κ2) is 10.9. The number of aryl methyl sites for hydroxylation is 1. The normalized spacial score (nSPS) is 11.2. The van der Waals surface area contributed by atoms with E-state index >= 15 is 0 Å². The molecule has 0 saturated heterocycles. The van der Waals surface area contributed by atoms with Gasteiger partial charge in [-0.3, -0.25) is 0 Å². The minimum absolute atomic E-state index is 0.572. The Morgan fingerprint density at radius 1 is 1.15 bits per heavy atom. The van der Waals surface area contributed by atoms with Gasteiger partial charge < -0.3 is 23.9 Å². The molecule has 5 nitrogen and oxygen atoms in total. The molecule has 20 heavy (non-hydrogen) atoms. The van der Waals surface area contributed by atoms with Gasteiger partial charge >= 0.3 is 0 Å². The molecular formula is C15H27NO4. The van der Waals surface area contributed by atoms with Crippen molar-refractivity contribution in [2.45, 2.75) is 33.4 Å². The lowest BCUT2D eigenvalue weighted by molar-refractivity contribution is 0.0334. The molecular weight excluding hydrogens is 258 g/mol. The molecule has 0 aliphatic rings. The van der Waals surface area contributed by atoms with Crippen LogP contribution >= 0.6 is 0 Å². The van der Waals surface area contributed by atoms with E-state index in [4.69, 9.17) is 18.6 Å². The molecule has 0 spiro atoms. The molecule has 0 fully saturated rings. The van der Waals surface area contributed by atoms with Crippen LogP contribution in [0.4, 0.5) is 0 Å². The Morgan fingerprint density at radius 3 is 2.70 bits per heavy atom. The molecule has 1 aromatic heterocycles. The summed E-state index contributed by atoms with van der Waals surface area (Å²) in [5.74, 6) is 1.89. The van der Waals surface area contributed by atoms with Gasteiger partial charge in [-0.15, -0.1) is 0 Å². The van der Waals surface area contributed by atoms with Gasteiger partial charge in [0, 0.05) is 25.9 Å². The fraction of sp³-hybridized carbons (Fsp3) is 0.733. The summed E-state index contributed by atoms with van der Waals surface area (Å²) in [6.45, 7) is 8.99. The van der Waals surface area contributed by atoms with Crippen molar-refractivity contribution in [3.05, 3.63) is 23.2 Å². The van der Waals surface area contributed by atoms with Gasteiger partial charge in [-0.25, -0.2) is 0 Å². The van der Waals surface area contributed by atoms with E-state index in [1.165, 1.54) is 0 Å². The summed E-state index contributed by atoms with van der Waals surface area (Å²) in [5.41, 5.74) is 1.11. The number of nitrogens with one attached hydrogen (secondary N) is 1. The summed E-state index contributed by atoms with van der Waals surface area (Å²) >= 11 is 0. The molecule has 5 heteroatoms. The highest BCUT2D eigenvalue weighted by molar-refractivity contribution is 5.19. The van der Waals surface area contributed by atoms with E-state index in [2.05, 4.69) is 18.3 Å². The SMILES string of the molecule is CCNCc1cc(COCCOCCCOC)c(C)o1. The van der Waals surface area contributed by atoms with Gasteiger partial charge in [-0.2, -0.15) is 0 Å². The van der Waals surface area contributed by atoms with E-state index in [1.807, 2.05) is 6.92 Å². The average molecular weight is 285 g/mol. The van der Waals surface area contributed by atoms with E-state index in [9.17, 15) is 0 Å². The Morgan fingerprint density at radius 2 is 1.95 bits per heavy atom. The van der Waals surface area contributed by atoms with Crippen molar-refractivity contribution in [1.29, 1.82) is 0 Å². The Bertz CT molecular complexity index is 352. The smallest absolute Gasteiger partial charge is 0.118 e. The van der Waals surface area contributed by atoms with Crippen LogP contribution in [0.2, 0.25) is 0 Å². The van der Waals surface area contributed by atoms with E-state index in [0.717, 1.165) is 49.8 Å². The maximum atomic E-state index is 5.65. The zero-order chi connectivity index (χ0) is 14.6. The Kier molecular flexibility index (Phi) is 9.32. The Balaban J connectivity index is 2.10. The van der Waals surface area contributed by atoms with Crippen molar-refractivity contribution in [2.75, 3.05) is 40.1 Å². The minimum atomic E-state index is 0.572. The van der Waals surface area contributed by atoms with Gasteiger partial charge in [0.25, 0.3) is 0 Å². The largest absolute Gasteiger partial charge is 0.465 e. The van der Waals surface area contributed by atoms with Gasteiger partial charge in [0.2, 0.25) is 0 Å². The first kappa shape index (κ1) is 17.2. The number of hydrogen-bond acceptors (Lipinski definition) is 5. The monoisotopic (exact) mass is 285 g/mol. The highest BCUT2D eigenvalue weighted by Gasteiger charge is 2.06. The van der Waals surface area contributed by atoms with Crippen molar-refractivity contribution < 1.29 is 18.6 Å². The van der Waals surface area contributed by atoms with Crippen molar-refractivity contribution >= 4 is 0 Å². The number of ether oxygens (including phenoxy) is 3. The average Bonchev–Trinajstić information content (AvgIpc) is 2.80. The summed E-state index contributed by atoms with van der Waals surface area (Å²) in [5, 5.41) is 3.24. The van der Waals surface area contributed by atoms with Crippen LogP contribution in [-0.2, 0) is 27.4 Å². The highest BCUT2D eigenvalue weighted by atomic mass is 16.5. The molecule has 0 aliphatic heterocycles. The van der Waals surface area contributed by atoms with Crippen LogP contribution in [0.3, 0.4) is 0 Å². The standard InChI is InChI=1S/C15H27NO4/c1-4-16-11-15-10-14(13(2)20-15)12-19-9-8-18-7-5-6-17-3/h10,16H,4-9,11-12H2,1-3H3. The van der Waals surface area contributed by atoms with Gasteiger partial charge in [0.05, 0.1) is 26.4 Å². The molecule has 0 atom stereocenters. The molecule has 0 bridgehead atoms. The van der Waals surface area contributed by atoms with Gasteiger partial charge in [-0.1, -0.05) is 6.92 Å². The second-order valence-corrected chi connectivity index (χ2v) is 4.59. The molecule has 0 amide bonds. The van der Waals surface area contributed by atoms with Gasteiger partial charge in [0.15, 0.2) is 0 Å². The fourth-order valence-electron chi connectivity index (χ4n) is 1.77. The predicted octanol–water partition coefficient (Wildman–Crippen LogP) is 2.27. The van der Waals surface area contributed by atoms with Crippen molar-refractivity contribution in [1.82, 2.24) is 5.32 Å². The van der Waals surface area contributed by atoms with E-state index in [0.29, 0.717) is 19.8 Å². The van der Waals surface area contributed by atoms with Gasteiger partial charge in [0.1, 0.15) is 11.5 Å². The summed E-state index contributed by atoms with van der Waals surface area (Å²) < 4.78 is 21.6. The summed E-state index contributed by atoms with van der Waals surface area (Å²) in [6.07, 6.45) is 0.922. The first-order valence-corrected chi connectivity index (χ1v) is 7.21. The van der Waals surface area contributed by atoms with Gasteiger partial charge in [-0.05, 0) is 26.0 Å². The van der Waals surface area contributed by atoms with E-state index in [1.54, 1.807) is 7.11 Å². The highest BCUT2D eigenvalue weighted by Crippen LogP contribution is 2.15. The molecule has 0 radical (unpaired) electrons. The molecule has 0 saturated carbocycles. The quantitative estimate of drug-likeness (QED) is 0.597. The lowest BCUT2D eigenvalue weighted by atomic mass is 10.2. The first-order valence-electron chi connectivity index (χ1n) is 7.21. The van der Waals surface area contributed by atoms with Crippen LogP contribution in [-0.4, -0.2) is 40.1 Å². The predicted molar refractivity (Wildman–Crippen MR) is 77.8 cm³/mol. The molecule has 0 aliphatic carbocycles. The number of rotatable bonds is 12. The molecule has 1 heterocycles. The van der Waals surface area contributed by atoms with Crippen LogP contribution in [0.15, 0.2) is 10.5 Å². The Labute approximate surface area is 121 Å². The molecule has 1 N–H and O–H groups in total. The zero-order valence-electron chi connectivity index (χ0n) is 12.9. The number of furan rings is 1. The maximum absolute atomic E-state index is 5.65. The Hall–Kier alpha value is -0.880. The van der Waals surface area contributed by atoms with Crippen molar-refractivity contribution in [3.8, 4) is 0 Å². The van der Waals surface area contributed by atoms with Crippen LogP contribution < -0.4 is 5.32 Å². The molecule has 1 rings (SSSR count). The second-order valence-electron chi connectivity index (χ2n) is 4.59. The number of hydrogen-bond donors (Lipinski definition) is 1. The molecule has 116 valence electrons. The third kappa shape index (κ3) is 7.05. The third-order valence-electron chi connectivity index (χ3n) is 2.89. The summed E-state index contributed by atoms with van der Waals surface area (Å²) in [4.78, 5) is 0. The van der Waals surface area contributed by atoms with Crippen LogP contribution in [0.1, 0.15) is 30.4 Å². The van der Waals surface area contributed by atoms with Crippen LogP contribution in [0.25, 0.3) is 0 Å². The number of methoxy groups -OCH3 is 1. The van der Waals surface area contributed by atoms with Crippen LogP contribution in [0.5, 0.6) is 0 Å². The van der Waals surface area contributed by atoms with E-state index < -0.39 is 0 Å². The molecule has 1 aromatic rings. The van der Waals surface area contributed by atoms with Crippen LogP contribution in [0, 0.1) is 6.92 Å².